The molecule has 0 saturated heterocycles. The second-order valence-corrected chi connectivity index (χ2v) is 3.34. The number of H-pyrrole nitrogens is 1. The Hall–Kier alpha value is -1.29. The number of halogens is 1. The van der Waals surface area contributed by atoms with E-state index in [9.17, 15) is 4.79 Å². The van der Waals surface area contributed by atoms with Crippen LogP contribution in [0.4, 0.5) is 0 Å². The van der Waals surface area contributed by atoms with Crippen LogP contribution in [0.3, 0.4) is 0 Å². The molecular weight excluding hydrogens is 234 g/mol. The molecule has 0 radical (unpaired) electrons. The van der Waals surface area contributed by atoms with E-state index in [4.69, 9.17) is 0 Å². The minimum absolute atomic E-state index is 0.390. The van der Waals surface area contributed by atoms with Crippen LogP contribution < -0.4 is 5.63 Å². The van der Waals surface area contributed by atoms with Crippen molar-refractivity contribution in [3.05, 3.63) is 45.2 Å². The molecule has 0 aliphatic rings. The Morgan fingerprint density at radius 3 is 2.46 bits per heavy atom. The first-order valence-electron chi connectivity index (χ1n) is 3.71. The molecule has 2 rings (SSSR count). The van der Waals surface area contributed by atoms with Gasteiger partial charge in [-0.25, -0.2) is 9.95 Å². The zero-order chi connectivity index (χ0) is 9.26. The van der Waals surface area contributed by atoms with Crippen molar-refractivity contribution in [3.63, 3.8) is 0 Å². The SMILES string of the molecule is O=c1o[nH]c(-c2ccccc2)c1Br. The van der Waals surface area contributed by atoms with Gasteiger partial charge in [0.15, 0.2) is 0 Å². The molecule has 13 heavy (non-hydrogen) atoms. The lowest BCUT2D eigenvalue weighted by Crippen LogP contribution is -1.90. The molecule has 0 saturated carbocycles. The number of nitrogens with one attached hydrogen (secondary N) is 1. The number of hydrogen-bond donors (Lipinski definition) is 1. The Kier molecular flexibility index (Phi) is 2.06. The van der Waals surface area contributed by atoms with Crippen molar-refractivity contribution in [1.29, 1.82) is 0 Å². The lowest BCUT2D eigenvalue weighted by Gasteiger charge is -1.94. The van der Waals surface area contributed by atoms with Crippen LogP contribution in [0.2, 0.25) is 0 Å². The van der Waals surface area contributed by atoms with Crippen molar-refractivity contribution in [2.45, 2.75) is 0 Å². The summed E-state index contributed by atoms with van der Waals surface area (Å²) in [6.45, 7) is 0. The molecule has 1 N–H and O–H groups in total. The highest BCUT2D eigenvalue weighted by Gasteiger charge is 2.09. The Morgan fingerprint density at radius 2 is 1.92 bits per heavy atom. The predicted octanol–water partition coefficient (Wildman–Crippen LogP) is 2.40. The fourth-order valence-corrected chi connectivity index (χ4v) is 1.47. The van der Waals surface area contributed by atoms with Gasteiger partial charge in [-0.05, 0) is 15.9 Å². The van der Waals surface area contributed by atoms with E-state index >= 15 is 0 Å². The largest absolute Gasteiger partial charge is 0.371 e. The zero-order valence-electron chi connectivity index (χ0n) is 6.58. The highest BCUT2D eigenvalue weighted by atomic mass is 79.9. The van der Waals surface area contributed by atoms with Gasteiger partial charge in [-0.1, -0.05) is 30.3 Å². The Morgan fingerprint density at radius 1 is 1.23 bits per heavy atom. The van der Waals surface area contributed by atoms with Gasteiger partial charge in [0.05, 0.1) is 0 Å². The van der Waals surface area contributed by atoms with Crippen LogP contribution in [0, 0.1) is 0 Å². The number of rotatable bonds is 1. The summed E-state index contributed by atoms with van der Waals surface area (Å²) in [5, 5.41) is 2.56. The van der Waals surface area contributed by atoms with Crippen LogP contribution >= 0.6 is 15.9 Å². The molecule has 0 unspecified atom stereocenters. The molecule has 3 nitrogen and oxygen atoms in total. The lowest BCUT2D eigenvalue weighted by molar-refractivity contribution is 0.393. The first-order chi connectivity index (χ1) is 6.29. The maximum absolute atomic E-state index is 11.0. The first kappa shape index (κ1) is 8.31. The van der Waals surface area contributed by atoms with Crippen molar-refractivity contribution < 1.29 is 4.52 Å². The minimum atomic E-state index is -0.390. The summed E-state index contributed by atoms with van der Waals surface area (Å²) in [6, 6.07) is 9.49. The lowest BCUT2D eigenvalue weighted by atomic mass is 10.2. The van der Waals surface area contributed by atoms with E-state index in [1.807, 2.05) is 30.3 Å². The molecule has 1 aromatic heterocycles. The van der Waals surface area contributed by atoms with Crippen molar-refractivity contribution in [2.24, 2.45) is 0 Å². The van der Waals surface area contributed by atoms with Gasteiger partial charge in [-0.3, -0.25) is 0 Å². The molecule has 2 aromatic rings. The predicted molar refractivity (Wildman–Crippen MR) is 52.5 cm³/mol. The van der Waals surface area contributed by atoms with Crippen LogP contribution in [-0.2, 0) is 0 Å². The van der Waals surface area contributed by atoms with Gasteiger partial charge in [0.1, 0.15) is 10.2 Å². The highest BCUT2D eigenvalue weighted by Crippen LogP contribution is 2.22. The fourth-order valence-electron chi connectivity index (χ4n) is 1.08. The van der Waals surface area contributed by atoms with Crippen LogP contribution in [0.15, 0.2) is 44.1 Å². The van der Waals surface area contributed by atoms with Crippen molar-refractivity contribution in [3.8, 4) is 11.3 Å². The molecule has 0 aliphatic heterocycles. The maximum atomic E-state index is 11.0. The molecule has 4 heteroatoms. The average molecular weight is 240 g/mol. The van der Waals surface area contributed by atoms with Crippen molar-refractivity contribution >= 4 is 15.9 Å². The Balaban J connectivity index is 2.60. The summed E-state index contributed by atoms with van der Waals surface area (Å²) in [6.07, 6.45) is 0. The van der Waals surface area contributed by atoms with Gasteiger partial charge in [0.25, 0.3) is 0 Å². The van der Waals surface area contributed by atoms with Gasteiger partial charge < -0.3 is 4.52 Å². The number of hydrogen-bond acceptors (Lipinski definition) is 2. The van der Waals surface area contributed by atoms with Gasteiger partial charge in [-0.15, -0.1) is 0 Å². The summed E-state index contributed by atoms with van der Waals surface area (Å²) in [7, 11) is 0. The summed E-state index contributed by atoms with van der Waals surface area (Å²) < 4.78 is 5.05. The summed E-state index contributed by atoms with van der Waals surface area (Å²) >= 11 is 3.15. The second-order valence-electron chi connectivity index (χ2n) is 2.55. The van der Waals surface area contributed by atoms with Crippen LogP contribution in [0.1, 0.15) is 0 Å². The monoisotopic (exact) mass is 239 g/mol. The minimum Gasteiger partial charge on any atom is -0.337 e. The molecule has 0 spiro atoms. The molecule has 0 aliphatic carbocycles. The van der Waals surface area contributed by atoms with Crippen LogP contribution in [0.25, 0.3) is 11.3 Å². The van der Waals surface area contributed by atoms with E-state index in [0.29, 0.717) is 10.2 Å². The van der Waals surface area contributed by atoms with E-state index in [0.717, 1.165) is 5.56 Å². The Labute approximate surface area is 82.5 Å². The molecule has 66 valence electrons. The summed E-state index contributed by atoms with van der Waals surface area (Å²) in [5.74, 6) is 0. The fraction of sp³-hybridized carbons (Fsp3) is 0. The number of benzene rings is 1. The van der Waals surface area contributed by atoms with Gasteiger partial charge in [0, 0.05) is 5.56 Å². The first-order valence-corrected chi connectivity index (χ1v) is 4.51. The van der Waals surface area contributed by atoms with Crippen molar-refractivity contribution in [1.82, 2.24) is 5.16 Å². The van der Waals surface area contributed by atoms with Gasteiger partial charge >= 0.3 is 5.63 Å². The van der Waals surface area contributed by atoms with E-state index < -0.39 is 0 Å². The number of aromatic nitrogens is 1. The van der Waals surface area contributed by atoms with E-state index in [1.54, 1.807) is 0 Å². The third-order valence-corrected chi connectivity index (χ3v) is 2.43. The molecule has 1 heterocycles. The molecule has 1 aromatic carbocycles. The van der Waals surface area contributed by atoms with Crippen LogP contribution in [-0.4, -0.2) is 5.16 Å². The van der Waals surface area contributed by atoms with Crippen molar-refractivity contribution in [2.75, 3.05) is 0 Å². The van der Waals surface area contributed by atoms with Gasteiger partial charge in [0.2, 0.25) is 0 Å². The highest BCUT2D eigenvalue weighted by molar-refractivity contribution is 9.10. The van der Waals surface area contributed by atoms with Gasteiger partial charge in [-0.2, -0.15) is 0 Å². The maximum Gasteiger partial charge on any atom is 0.371 e. The molecule has 0 bridgehead atoms. The average Bonchev–Trinajstić information content (AvgIpc) is 2.49. The second kappa shape index (κ2) is 3.22. The number of aromatic amines is 1. The third-order valence-electron chi connectivity index (χ3n) is 1.71. The standard InChI is InChI=1S/C9H6BrNO2/c10-7-8(11-13-9(7)12)6-4-2-1-3-5-6/h1-5,11H. The van der Waals surface area contributed by atoms with Crippen LogP contribution in [0.5, 0.6) is 0 Å². The zero-order valence-corrected chi connectivity index (χ0v) is 8.17. The topological polar surface area (TPSA) is 46.0 Å². The summed E-state index contributed by atoms with van der Waals surface area (Å²) in [4.78, 5) is 11.0. The smallest absolute Gasteiger partial charge is 0.337 e. The summed E-state index contributed by atoms with van der Waals surface area (Å²) in [5.41, 5.74) is 1.20. The normalized spacial score (nSPS) is 10.2. The molecule has 0 amide bonds. The third kappa shape index (κ3) is 1.45. The Bertz CT molecular complexity index is 458. The van der Waals surface area contributed by atoms with E-state index in [1.165, 1.54) is 0 Å². The molecular formula is C9H6BrNO2. The molecule has 0 atom stereocenters. The molecule has 0 fully saturated rings. The van der Waals surface area contributed by atoms with E-state index in [-0.39, 0.29) is 5.63 Å². The quantitative estimate of drug-likeness (QED) is 0.831. The van der Waals surface area contributed by atoms with E-state index in [2.05, 4.69) is 25.6 Å².